The van der Waals surface area contributed by atoms with Gasteiger partial charge < -0.3 is 14.9 Å². The molecule has 1 N–H and O–H groups in total. The van der Waals surface area contributed by atoms with Crippen molar-refractivity contribution in [2.24, 2.45) is 0 Å². The lowest BCUT2D eigenvalue weighted by Crippen LogP contribution is -2.38. The van der Waals surface area contributed by atoms with Gasteiger partial charge in [0.05, 0.1) is 17.2 Å². The highest BCUT2D eigenvalue weighted by molar-refractivity contribution is 5.65. The Kier molecular flexibility index (Phi) is 5.45. The molecule has 0 aliphatic carbocycles. The molecule has 0 aromatic heterocycles. The summed E-state index contributed by atoms with van der Waals surface area (Å²) in [4.78, 5) is 14.3. The fraction of sp³-hybridized carbons (Fsp3) is 0.300. The van der Waals surface area contributed by atoms with Gasteiger partial charge >= 0.3 is 12.3 Å². The number of anilines is 1. The molecule has 0 spiro atoms. The minimum atomic E-state index is -4.48. The second-order valence-electron chi connectivity index (χ2n) is 6.61. The van der Waals surface area contributed by atoms with Gasteiger partial charge in [0.25, 0.3) is 0 Å². The molecule has 5 nitrogen and oxygen atoms in total. The highest BCUT2D eigenvalue weighted by atomic mass is 19.4. The largest absolute Gasteiger partial charge is 0.465 e. The second kappa shape index (κ2) is 7.80. The van der Waals surface area contributed by atoms with E-state index in [-0.39, 0.29) is 24.7 Å². The number of halogens is 3. The number of rotatable bonds is 4. The summed E-state index contributed by atoms with van der Waals surface area (Å²) in [5.41, 5.74) is 0.501. The number of nitrogens with zero attached hydrogens (tertiary/aromatic N) is 3. The van der Waals surface area contributed by atoms with E-state index in [1.165, 1.54) is 17.0 Å². The first-order valence-corrected chi connectivity index (χ1v) is 8.69. The van der Waals surface area contributed by atoms with Crippen molar-refractivity contribution in [2.45, 2.75) is 25.2 Å². The van der Waals surface area contributed by atoms with E-state index in [0.29, 0.717) is 24.2 Å². The minimum absolute atomic E-state index is 0.0142. The van der Waals surface area contributed by atoms with Crippen LogP contribution in [0, 0.1) is 11.3 Å². The Morgan fingerprint density at radius 1 is 1.21 bits per heavy atom. The van der Waals surface area contributed by atoms with E-state index in [9.17, 15) is 23.1 Å². The first-order chi connectivity index (χ1) is 13.3. The van der Waals surface area contributed by atoms with Crippen molar-refractivity contribution in [1.82, 2.24) is 4.90 Å². The molecule has 0 radical (unpaired) electrons. The average molecular weight is 389 g/mol. The molecule has 0 saturated carbocycles. The van der Waals surface area contributed by atoms with Crippen LogP contribution >= 0.6 is 0 Å². The van der Waals surface area contributed by atoms with Crippen LogP contribution < -0.4 is 4.90 Å². The van der Waals surface area contributed by atoms with E-state index in [2.05, 4.69) is 0 Å². The van der Waals surface area contributed by atoms with E-state index < -0.39 is 17.8 Å². The lowest BCUT2D eigenvalue weighted by Gasteiger charge is -2.32. The number of carbonyl (C=O) groups is 1. The van der Waals surface area contributed by atoms with E-state index in [1.807, 2.05) is 6.07 Å². The number of nitriles is 1. The standard InChI is InChI=1S/C20H18F3N3O2/c21-20(22,23)18-4-2-1-3-15(18)12-26(16-7-5-14(11-24)6-8-16)17-9-10-25(13-17)19(27)28/h1-8,17H,9-10,12-13H2,(H,27,28)/t17-/m0/s1. The van der Waals surface area contributed by atoms with Crippen molar-refractivity contribution in [1.29, 1.82) is 5.26 Å². The molecule has 2 aromatic carbocycles. The van der Waals surface area contributed by atoms with Crippen LogP contribution in [0.5, 0.6) is 0 Å². The van der Waals surface area contributed by atoms with Gasteiger partial charge in [-0.05, 0) is 42.3 Å². The predicted octanol–water partition coefficient (Wildman–Crippen LogP) is 4.34. The summed E-state index contributed by atoms with van der Waals surface area (Å²) in [7, 11) is 0. The van der Waals surface area contributed by atoms with Crippen molar-refractivity contribution in [2.75, 3.05) is 18.0 Å². The van der Waals surface area contributed by atoms with Crippen LogP contribution in [0.1, 0.15) is 23.1 Å². The maximum absolute atomic E-state index is 13.4. The first-order valence-electron chi connectivity index (χ1n) is 8.69. The Labute approximate surface area is 160 Å². The summed E-state index contributed by atoms with van der Waals surface area (Å²) in [6, 6.07) is 13.7. The van der Waals surface area contributed by atoms with Crippen molar-refractivity contribution in [3.05, 3.63) is 65.2 Å². The van der Waals surface area contributed by atoms with Gasteiger partial charge in [0.1, 0.15) is 0 Å². The molecule has 1 amide bonds. The number of carboxylic acid groups (broad SMARTS) is 1. The van der Waals surface area contributed by atoms with E-state index in [4.69, 9.17) is 5.26 Å². The second-order valence-corrected chi connectivity index (χ2v) is 6.61. The Hall–Kier alpha value is -3.21. The number of hydrogen-bond acceptors (Lipinski definition) is 3. The number of hydrogen-bond donors (Lipinski definition) is 1. The van der Waals surface area contributed by atoms with Crippen LogP contribution in [0.25, 0.3) is 0 Å². The van der Waals surface area contributed by atoms with Gasteiger partial charge in [-0.1, -0.05) is 18.2 Å². The van der Waals surface area contributed by atoms with Gasteiger partial charge in [0, 0.05) is 31.4 Å². The zero-order valence-electron chi connectivity index (χ0n) is 14.9. The SMILES string of the molecule is N#Cc1ccc(N(Cc2ccccc2C(F)(F)F)[C@H]2CCN(C(=O)O)C2)cc1. The number of amides is 1. The van der Waals surface area contributed by atoms with Crippen molar-refractivity contribution < 1.29 is 23.1 Å². The summed E-state index contributed by atoms with van der Waals surface area (Å²) in [6.45, 7) is 0.525. The third kappa shape index (κ3) is 4.19. The smallest absolute Gasteiger partial charge is 0.416 e. The van der Waals surface area contributed by atoms with Crippen molar-refractivity contribution in [3.8, 4) is 6.07 Å². The van der Waals surface area contributed by atoms with Gasteiger partial charge in [0.2, 0.25) is 0 Å². The lowest BCUT2D eigenvalue weighted by molar-refractivity contribution is -0.138. The maximum Gasteiger partial charge on any atom is 0.416 e. The number of benzene rings is 2. The lowest BCUT2D eigenvalue weighted by atomic mass is 10.0. The van der Waals surface area contributed by atoms with Crippen LogP contribution in [-0.4, -0.2) is 35.2 Å². The summed E-state index contributed by atoms with van der Waals surface area (Å²) in [6.07, 6.45) is -5.01. The Morgan fingerprint density at radius 3 is 2.46 bits per heavy atom. The van der Waals surface area contributed by atoms with Crippen molar-refractivity contribution in [3.63, 3.8) is 0 Å². The van der Waals surface area contributed by atoms with Crippen LogP contribution in [0.4, 0.5) is 23.7 Å². The normalized spacial score (nSPS) is 16.6. The third-order valence-corrected chi connectivity index (χ3v) is 4.87. The number of alkyl halides is 3. The molecule has 1 atom stereocenters. The average Bonchev–Trinajstić information content (AvgIpc) is 3.16. The predicted molar refractivity (Wildman–Crippen MR) is 96.8 cm³/mol. The summed E-state index contributed by atoms with van der Waals surface area (Å²) in [5.74, 6) is 0. The third-order valence-electron chi connectivity index (χ3n) is 4.87. The maximum atomic E-state index is 13.4. The summed E-state index contributed by atoms with van der Waals surface area (Å²) in [5, 5.41) is 18.2. The van der Waals surface area contributed by atoms with Gasteiger partial charge in [-0.2, -0.15) is 18.4 Å². The van der Waals surface area contributed by atoms with Gasteiger partial charge in [-0.25, -0.2) is 4.79 Å². The van der Waals surface area contributed by atoms with Gasteiger partial charge in [-0.3, -0.25) is 0 Å². The molecule has 1 fully saturated rings. The molecule has 1 heterocycles. The zero-order valence-corrected chi connectivity index (χ0v) is 14.9. The molecule has 1 aliphatic heterocycles. The summed E-state index contributed by atoms with van der Waals surface area (Å²) < 4.78 is 40.2. The molecule has 8 heteroatoms. The van der Waals surface area contributed by atoms with E-state index in [1.54, 1.807) is 35.2 Å². The Morgan fingerprint density at radius 2 is 1.89 bits per heavy atom. The van der Waals surface area contributed by atoms with Crippen molar-refractivity contribution >= 4 is 11.8 Å². The first kappa shape index (κ1) is 19.5. The molecule has 1 saturated heterocycles. The Bertz CT molecular complexity index is 891. The molecule has 146 valence electrons. The van der Waals surface area contributed by atoms with Gasteiger partial charge in [0.15, 0.2) is 0 Å². The highest BCUT2D eigenvalue weighted by Crippen LogP contribution is 2.34. The quantitative estimate of drug-likeness (QED) is 0.845. The van der Waals surface area contributed by atoms with Crippen LogP contribution in [0.2, 0.25) is 0 Å². The topological polar surface area (TPSA) is 67.6 Å². The molecule has 0 bridgehead atoms. The molecule has 2 aromatic rings. The molecule has 3 rings (SSSR count). The Balaban J connectivity index is 1.95. The van der Waals surface area contributed by atoms with E-state index in [0.717, 1.165) is 6.07 Å². The molecular formula is C20H18F3N3O2. The van der Waals surface area contributed by atoms with Crippen LogP contribution in [0.15, 0.2) is 48.5 Å². The molecule has 1 aliphatic rings. The minimum Gasteiger partial charge on any atom is -0.465 e. The zero-order chi connectivity index (χ0) is 20.3. The monoisotopic (exact) mass is 389 g/mol. The fourth-order valence-electron chi connectivity index (χ4n) is 3.45. The fourth-order valence-corrected chi connectivity index (χ4v) is 3.45. The summed E-state index contributed by atoms with van der Waals surface area (Å²) >= 11 is 0. The highest BCUT2D eigenvalue weighted by Gasteiger charge is 2.35. The van der Waals surface area contributed by atoms with E-state index >= 15 is 0 Å². The number of likely N-dealkylation sites (tertiary alicyclic amines) is 1. The molecule has 28 heavy (non-hydrogen) atoms. The van der Waals surface area contributed by atoms with Gasteiger partial charge in [-0.15, -0.1) is 0 Å². The molecular weight excluding hydrogens is 371 g/mol. The van der Waals surface area contributed by atoms with Crippen LogP contribution in [-0.2, 0) is 12.7 Å². The molecule has 0 unspecified atom stereocenters. The van der Waals surface area contributed by atoms with Crippen LogP contribution in [0.3, 0.4) is 0 Å².